The Bertz CT molecular complexity index is 818. The third-order valence-electron chi connectivity index (χ3n) is 5.79. The molecule has 1 aliphatic heterocycles. The number of hydrogen-bond donors (Lipinski definition) is 2. The van der Waals surface area contributed by atoms with E-state index in [2.05, 4.69) is 34.9 Å². The number of hydrogen-bond acceptors (Lipinski definition) is 4. The Hall–Kier alpha value is -2.60. The van der Waals surface area contributed by atoms with Gasteiger partial charge in [-0.3, -0.25) is 14.5 Å². The highest BCUT2D eigenvalue weighted by Gasteiger charge is 2.27. The van der Waals surface area contributed by atoms with Crippen molar-refractivity contribution in [2.45, 2.75) is 38.0 Å². The van der Waals surface area contributed by atoms with Gasteiger partial charge >= 0.3 is 0 Å². The number of rotatable bonds is 5. The van der Waals surface area contributed by atoms with Crippen molar-refractivity contribution >= 4 is 17.5 Å². The molecule has 1 aliphatic carbocycles. The van der Waals surface area contributed by atoms with Crippen LogP contribution in [-0.2, 0) is 9.59 Å². The predicted octanol–water partition coefficient (Wildman–Crippen LogP) is 2.66. The van der Waals surface area contributed by atoms with Crippen LogP contribution in [0.3, 0.4) is 0 Å². The molecule has 0 saturated heterocycles. The van der Waals surface area contributed by atoms with Crippen molar-refractivity contribution in [3.8, 4) is 0 Å². The van der Waals surface area contributed by atoms with Crippen molar-refractivity contribution in [1.82, 2.24) is 20.4 Å². The second kappa shape index (κ2) is 9.27. The van der Waals surface area contributed by atoms with E-state index < -0.39 is 0 Å². The molecule has 1 aromatic carbocycles. The van der Waals surface area contributed by atoms with Crippen molar-refractivity contribution in [3.63, 3.8) is 0 Å². The average molecular weight is 397 g/mol. The lowest BCUT2D eigenvalue weighted by Gasteiger charge is -2.30. The van der Waals surface area contributed by atoms with E-state index in [4.69, 9.17) is 0 Å². The van der Waals surface area contributed by atoms with E-state index in [9.17, 15) is 9.59 Å². The molecule has 156 valence electrons. The normalized spacial score (nSPS) is 19.5. The fourth-order valence-electron chi connectivity index (χ4n) is 4.09. The van der Waals surface area contributed by atoms with Crippen molar-refractivity contribution in [2.24, 2.45) is 0 Å². The van der Waals surface area contributed by atoms with Gasteiger partial charge in [0.2, 0.25) is 0 Å². The fraction of sp³-hybridized carbons (Fsp3) is 0.478. The van der Waals surface area contributed by atoms with Gasteiger partial charge in [-0.05, 0) is 36.9 Å². The molecule has 0 atom stereocenters. The standard InChI is InChI=1S/C23H32N4O2/c1-24-15-19(23(29)26(2)3)22-25-20(14-21(28)27(22)4)18-12-10-17(11-13-18)16-8-6-5-7-9-16/h10-14,16,24-25H,5-9,15H2,1-4H3/b22-19+. The highest BCUT2D eigenvalue weighted by atomic mass is 16.2. The van der Waals surface area contributed by atoms with Crippen LogP contribution in [0.2, 0.25) is 0 Å². The first-order chi connectivity index (χ1) is 13.9. The van der Waals surface area contributed by atoms with Gasteiger partial charge in [0.1, 0.15) is 5.82 Å². The molecule has 1 fully saturated rings. The van der Waals surface area contributed by atoms with Crippen LogP contribution >= 0.6 is 0 Å². The number of amides is 2. The molecule has 29 heavy (non-hydrogen) atoms. The quantitative estimate of drug-likeness (QED) is 0.751. The van der Waals surface area contributed by atoms with E-state index in [0.29, 0.717) is 23.9 Å². The van der Waals surface area contributed by atoms with Crippen LogP contribution in [0.1, 0.15) is 49.1 Å². The SMILES string of the molecule is CNC/C(C(=O)N(C)C)=C1/NC(c2ccc(C3CCCCC3)cc2)=CC(=O)N1C. The zero-order valence-electron chi connectivity index (χ0n) is 17.9. The summed E-state index contributed by atoms with van der Waals surface area (Å²) in [6, 6.07) is 8.51. The van der Waals surface area contributed by atoms with Gasteiger partial charge in [0.15, 0.2) is 0 Å². The second-order valence-electron chi connectivity index (χ2n) is 8.09. The summed E-state index contributed by atoms with van der Waals surface area (Å²) >= 11 is 0. The van der Waals surface area contributed by atoms with Crippen LogP contribution in [0.15, 0.2) is 41.7 Å². The number of benzene rings is 1. The molecule has 0 unspecified atom stereocenters. The van der Waals surface area contributed by atoms with Gasteiger partial charge < -0.3 is 15.5 Å². The maximum Gasteiger partial charge on any atom is 0.254 e. The smallest absolute Gasteiger partial charge is 0.254 e. The molecule has 6 nitrogen and oxygen atoms in total. The van der Waals surface area contributed by atoms with Gasteiger partial charge in [0, 0.05) is 33.8 Å². The largest absolute Gasteiger partial charge is 0.345 e. The minimum Gasteiger partial charge on any atom is -0.345 e. The number of likely N-dealkylation sites (N-methyl/N-ethyl adjacent to an activating group) is 3. The Kier molecular flexibility index (Phi) is 6.75. The minimum atomic E-state index is -0.148. The van der Waals surface area contributed by atoms with Crippen LogP contribution < -0.4 is 10.6 Å². The van der Waals surface area contributed by atoms with E-state index in [1.165, 1.54) is 47.5 Å². The molecule has 6 heteroatoms. The van der Waals surface area contributed by atoms with Crippen LogP contribution in [-0.4, -0.2) is 56.3 Å². The van der Waals surface area contributed by atoms with Crippen LogP contribution in [0.5, 0.6) is 0 Å². The molecule has 1 heterocycles. The van der Waals surface area contributed by atoms with Crippen LogP contribution in [0.25, 0.3) is 5.70 Å². The Balaban J connectivity index is 1.90. The second-order valence-corrected chi connectivity index (χ2v) is 8.09. The molecule has 2 aliphatic rings. The first kappa shape index (κ1) is 21.1. The van der Waals surface area contributed by atoms with Gasteiger partial charge in [0.25, 0.3) is 11.8 Å². The summed E-state index contributed by atoms with van der Waals surface area (Å²) in [6.45, 7) is 0.366. The topological polar surface area (TPSA) is 64.7 Å². The Morgan fingerprint density at radius 3 is 2.41 bits per heavy atom. The van der Waals surface area contributed by atoms with Gasteiger partial charge in [-0.2, -0.15) is 0 Å². The molecular formula is C23H32N4O2. The average Bonchev–Trinajstić information content (AvgIpc) is 2.74. The molecular weight excluding hydrogens is 364 g/mol. The van der Waals surface area contributed by atoms with Crippen LogP contribution in [0.4, 0.5) is 0 Å². The fourth-order valence-corrected chi connectivity index (χ4v) is 4.09. The highest BCUT2D eigenvalue weighted by molar-refractivity contribution is 6.01. The molecule has 0 radical (unpaired) electrons. The number of nitrogens with one attached hydrogen (secondary N) is 2. The Morgan fingerprint density at radius 1 is 1.17 bits per heavy atom. The van der Waals surface area contributed by atoms with E-state index in [1.54, 1.807) is 34.3 Å². The van der Waals surface area contributed by atoms with Gasteiger partial charge in [-0.25, -0.2) is 0 Å². The summed E-state index contributed by atoms with van der Waals surface area (Å²) in [6.07, 6.45) is 8.07. The zero-order valence-corrected chi connectivity index (χ0v) is 17.9. The van der Waals surface area contributed by atoms with E-state index in [0.717, 1.165) is 11.3 Å². The number of nitrogens with zero attached hydrogens (tertiary/aromatic N) is 2. The summed E-state index contributed by atoms with van der Waals surface area (Å²) in [4.78, 5) is 28.3. The lowest BCUT2D eigenvalue weighted by atomic mass is 9.84. The molecule has 0 aromatic heterocycles. The molecule has 0 bridgehead atoms. The Labute approximate surface area is 173 Å². The summed E-state index contributed by atoms with van der Waals surface area (Å²) in [5, 5.41) is 6.36. The van der Waals surface area contributed by atoms with Gasteiger partial charge in [-0.1, -0.05) is 43.5 Å². The molecule has 2 N–H and O–H groups in total. The van der Waals surface area contributed by atoms with Crippen LogP contribution in [0, 0.1) is 0 Å². The monoisotopic (exact) mass is 396 g/mol. The molecule has 3 rings (SSSR count). The minimum absolute atomic E-state index is 0.129. The van der Waals surface area contributed by atoms with E-state index in [-0.39, 0.29) is 11.8 Å². The highest BCUT2D eigenvalue weighted by Crippen LogP contribution is 2.33. The summed E-state index contributed by atoms with van der Waals surface area (Å²) in [5.41, 5.74) is 3.57. The third kappa shape index (κ3) is 4.70. The summed E-state index contributed by atoms with van der Waals surface area (Å²) in [5.74, 6) is 0.895. The number of carbonyl (C=O) groups excluding carboxylic acids is 2. The summed E-state index contributed by atoms with van der Waals surface area (Å²) in [7, 11) is 6.89. The number of carbonyl (C=O) groups is 2. The van der Waals surface area contributed by atoms with E-state index >= 15 is 0 Å². The maximum absolute atomic E-state index is 12.7. The molecule has 0 spiro atoms. The molecule has 1 aromatic rings. The maximum atomic E-state index is 12.7. The van der Waals surface area contributed by atoms with Gasteiger partial charge in [-0.15, -0.1) is 0 Å². The first-order valence-electron chi connectivity index (χ1n) is 10.4. The zero-order chi connectivity index (χ0) is 21.0. The molecule has 2 amide bonds. The predicted molar refractivity (Wildman–Crippen MR) is 116 cm³/mol. The van der Waals surface area contributed by atoms with Gasteiger partial charge in [0.05, 0.1) is 11.3 Å². The van der Waals surface area contributed by atoms with Crippen molar-refractivity contribution < 1.29 is 9.59 Å². The van der Waals surface area contributed by atoms with Crippen molar-refractivity contribution in [3.05, 3.63) is 52.9 Å². The first-order valence-corrected chi connectivity index (χ1v) is 10.4. The van der Waals surface area contributed by atoms with E-state index in [1.807, 2.05) is 0 Å². The third-order valence-corrected chi connectivity index (χ3v) is 5.79. The Morgan fingerprint density at radius 2 is 1.83 bits per heavy atom. The molecule has 1 saturated carbocycles. The summed E-state index contributed by atoms with van der Waals surface area (Å²) < 4.78 is 0. The van der Waals surface area contributed by atoms with Crippen molar-refractivity contribution in [1.29, 1.82) is 0 Å². The lowest BCUT2D eigenvalue weighted by Crippen LogP contribution is -2.42. The lowest BCUT2D eigenvalue weighted by molar-refractivity contribution is -0.125. The van der Waals surface area contributed by atoms with Crippen molar-refractivity contribution in [2.75, 3.05) is 34.7 Å².